The van der Waals surface area contributed by atoms with Crippen molar-refractivity contribution in [3.63, 3.8) is 0 Å². The molecule has 2 fully saturated rings. The summed E-state index contributed by atoms with van der Waals surface area (Å²) in [6.07, 6.45) is 5.39. The predicted octanol–water partition coefficient (Wildman–Crippen LogP) is 0.908. The van der Waals surface area contributed by atoms with Crippen LogP contribution in [0.15, 0.2) is 0 Å². The lowest BCUT2D eigenvalue weighted by molar-refractivity contribution is -0.143. The molecule has 2 aliphatic rings. The SMILES string of the molecule is CN1CCC(N2CCC[C@H](CC=O)C2=O)CC1. The monoisotopic (exact) mass is 238 g/mol. The van der Waals surface area contributed by atoms with Crippen LogP contribution in [0.5, 0.6) is 0 Å². The van der Waals surface area contributed by atoms with Gasteiger partial charge in [-0.3, -0.25) is 4.79 Å². The number of amides is 1. The third kappa shape index (κ3) is 2.86. The van der Waals surface area contributed by atoms with E-state index in [0.717, 1.165) is 51.6 Å². The van der Waals surface area contributed by atoms with Crippen molar-refractivity contribution in [1.29, 1.82) is 0 Å². The zero-order valence-electron chi connectivity index (χ0n) is 10.6. The number of rotatable bonds is 3. The maximum Gasteiger partial charge on any atom is 0.226 e. The maximum absolute atomic E-state index is 12.2. The summed E-state index contributed by atoms with van der Waals surface area (Å²) in [5.74, 6) is 0.179. The summed E-state index contributed by atoms with van der Waals surface area (Å²) in [6.45, 7) is 3.04. The Balaban J connectivity index is 1.95. The van der Waals surface area contributed by atoms with E-state index in [1.54, 1.807) is 0 Å². The molecule has 0 aromatic heterocycles. The van der Waals surface area contributed by atoms with Gasteiger partial charge in [0.05, 0.1) is 0 Å². The topological polar surface area (TPSA) is 40.6 Å². The molecule has 96 valence electrons. The smallest absolute Gasteiger partial charge is 0.226 e. The number of hydrogen-bond acceptors (Lipinski definition) is 3. The van der Waals surface area contributed by atoms with Crippen LogP contribution in [0.4, 0.5) is 0 Å². The molecule has 0 spiro atoms. The van der Waals surface area contributed by atoms with Gasteiger partial charge in [0.1, 0.15) is 6.29 Å². The van der Waals surface area contributed by atoms with Crippen molar-refractivity contribution in [3.05, 3.63) is 0 Å². The molecule has 2 rings (SSSR count). The molecule has 0 aromatic carbocycles. The van der Waals surface area contributed by atoms with Crippen LogP contribution in [0.3, 0.4) is 0 Å². The second-order valence-electron chi connectivity index (χ2n) is 5.31. The van der Waals surface area contributed by atoms with E-state index in [1.807, 2.05) is 4.90 Å². The molecule has 4 heteroatoms. The lowest BCUT2D eigenvalue weighted by Gasteiger charge is -2.41. The van der Waals surface area contributed by atoms with Crippen LogP contribution in [0.1, 0.15) is 32.1 Å². The molecule has 0 radical (unpaired) electrons. The first-order chi connectivity index (χ1) is 8.22. The van der Waals surface area contributed by atoms with Crippen molar-refractivity contribution in [2.75, 3.05) is 26.7 Å². The van der Waals surface area contributed by atoms with Gasteiger partial charge in [0.25, 0.3) is 0 Å². The normalized spacial score (nSPS) is 28.4. The minimum Gasteiger partial charge on any atom is -0.339 e. The quantitative estimate of drug-likeness (QED) is 0.686. The van der Waals surface area contributed by atoms with Crippen molar-refractivity contribution >= 4 is 12.2 Å². The highest BCUT2D eigenvalue weighted by Gasteiger charge is 2.33. The molecule has 0 aliphatic carbocycles. The molecule has 2 saturated heterocycles. The van der Waals surface area contributed by atoms with Crippen LogP contribution in [-0.4, -0.2) is 54.7 Å². The van der Waals surface area contributed by atoms with Gasteiger partial charge in [0, 0.05) is 24.9 Å². The van der Waals surface area contributed by atoms with Crippen LogP contribution >= 0.6 is 0 Å². The van der Waals surface area contributed by atoms with Crippen LogP contribution < -0.4 is 0 Å². The van der Waals surface area contributed by atoms with E-state index in [0.29, 0.717) is 12.5 Å². The number of hydrogen-bond donors (Lipinski definition) is 0. The minimum atomic E-state index is -0.0408. The Labute approximate surface area is 103 Å². The highest BCUT2D eigenvalue weighted by molar-refractivity contribution is 5.82. The molecule has 1 amide bonds. The molecule has 2 aliphatic heterocycles. The van der Waals surface area contributed by atoms with Gasteiger partial charge in [-0.15, -0.1) is 0 Å². The average molecular weight is 238 g/mol. The van der Waals surface area contributed by atoms with Crippen LogP contribution in [-0.2, 0) is 9.59 Å². The summed E-state index contributed by atoms with van der Waals surface area (Å²) in [7, 11) is 2.13. The molecule has 2 heterocycles. The van der Waals surface area contributed by atoms with Crippen molar-refractivity contribution in [2.45, 2.75) is 38.1 Å². The van der Waals surface area contributed by atoms with E-state index in [2.05, 4.69) is 11.9 Å². The van der Waals surface area contributed by atoms with Gasteiger partial charge in [-0.1, -0.05) is 0 Å². The molecule has 0 saturated carbocycles. The Hall–Kier alpha value is -0.900. The van der Waals surface area contributed by atoms with Crippen molar-refractivity contribution in [2.24, 2.45) is 5.92 Å². The molecule has 0 aromatic rings. The number of aldehydes is 1. The summed E-state index contributed by atoms with van der Waals surface area (Å²) >= 11 is 0. The molecule has 4 nitrogen and oxygen atoms in total. The summed E-state index contributed by atoms with van der Waals surface area (Å²) in [5, 5.41) is 0. The fourth-order valence-corrected chi connectivity index (χ4v) is 2.98. The van der Waals surface area contributed by atoms with E-state index >= 15 is 0 Å². The number of carbonyl (C=O) groups is 2. The number of likely N-dealkylation sites (tertiary alicyclic amines) is 2. The van der Waals surface area contributed by atoms with Gasteiger partial charge in [-0.25, -0.2) is 0 Å². The van der Waals surface area contributed by atoms with Gasteiger partial charge < -0.3 is 14.6 Å². The fraction of sp³-hybridized carbons (Fsp3) is 0.846. The van der Waals surface area contributed by atoms with E-state index in [-0.39, 0.29) is 11.8 Å². The molecular weight excluding hydrogens is 216 g/mol. The van der Waals surface area contributed by atoms with Crippen molar-refractivity contribution < 1.29 is 9.59 Å². The Morgan fingerprint density at radius 3 is 2.59 bits per heavy atom. The van der Waals surface area contributed by atoms with Gasteiger partial charge in [-0.2, -0.15) is 0 Å². The van der Waals surface area contributed by atoms with Gasteiger partial charge in [0.15, 0.2) is 0 Å². The minimum absolute atomic E-state index is 0.0408. The van der Waals surface area contributed by atoms with Crippen molar-refractivity contribution in [3.8, 4) is 0 Å². The van der Waals surface area contributed by atoms with Crippen molar-refractivity contribution in [1.82, 2.24) is 9.80 Å². The van der Waals surface area contributed by atoms with Crippen LogP contribution in [0, 0.1) is 5.92 Å². The molecule has 17 heavy (non-hydrogen) atoms. The van der Waals surface area contributed by atoms with E-state index in [4.69, 9.17) is 0 Å². The summed E-state index contributed by atoms with van der Waals surface area (Å²) in [4.78, 5) is 27.2. The first kappa shape index (κ1) is 12.6. The standard InChI is InChI=1S/C13H22N2O2/c1-14-8-4-12(5-9-14)15-7-2-3-11(6-10-16)13(15)17/h10-12H,2-9H2,1H3/t11-/m1/s1. The average Bonchev–Trinajstić information content (AvgIpc) is 2.34. The first-order valence-corrected chi connectivity index (χ1v) is 6.65. The molecule has 0 N–H and O–H groups in total. The molecule has 1 atom stereocenters. The zero-order chi connectivity index (χ0) is 12.3. The number of piperidine rings is 2. The maximum atomic E-state index is 12.2. The summed E-state index contributed by atoms with van der Waals surface area (Å²) < 4.78 is 0. The van der Waals surface area contributed by atoms with E-state index < -0.39 is 0 Å². The predicted molar refractivity (Wildman–Crippen MR) is 65.6 cm³/mol. The molecule has 0 bridgehead atoms. The fourth-order valence-electron chi connectivity index (χ4n) is 2.98. The Bertz CT molecular complexity index is 285. The Morgan fingerprint density at radius 1 is 1.24 bits per heavy atom. The van der Waals surface area contributed by atoms with Crippen LogP contribution in [0.2, 0.25) is 0 Å². The number of nitrogens with zero attached hydrogens (tertiary/aromatic N) is 2. The highest BCUT2D eigenvalue weighted by Crippen LogP contribution is 2.25. The molecule has 0 unspecified atom stereocenters. The lowest BCUT2D eigenvalue weighted by atomic mass is 9.91. The Morgan fingerprint density at radius 2 is 1.94 bits per heavy atom. The second kappa shape index (κ2) is 5.63. The number of carbonyl (C=O) groups excluding carboxylic acids is 2. The summed E-state index contributed by atoms with van der Waals surface area (Å²) in [5.41, 5.74) is 0. The Kier molecular flexibility index (Phi) is 4.15. The van der Waals surface area contributed by atoms with E-state index in [1.165, 1.54) is 0 Å². The first-order valence-electron chi connectivity index (χ1n) is 6.65. The van der Waals surface area contributed by atoms with Crippen LogP contribution in [0.25, 0.3) is 0 Å². The third-order valence-electron chi connectivity index (χ3n) is 4.09. The van der Waals surface area contributed by atoms with Gasteiger partial charge in [-0.05, 0) is 45.8 Å². The van der Waals surface area contributed by atoms with Gasteiger partial charge >= 0.3 is 0 Å². The third-order valence-corrected chi connectivity index (χ3v) is 4.09. The largest absolute Gasteiger partial charge is 0.339 e. The summed E-state index contributed by atoms with van der Waals surface area (Å²) in [6, 6.07) is 0.410. The van der Waals surface area contributed by atoms with E-state index in [9.17, 15) is 9.59 Å². The lowest BCUT2D eigenvalue weighted by Crippen LogP contribution is -2.51. The molecular formula is C13H22N2O2. The second-order valence-corrected chi connectivity index (χ2v) is 5.31. The zero-order valence-corrected chi connectivity index (χ0v) is 10.6. The highest BCUT2D eigenvalue weighted by atomic mass is 16.2. The van der Waals surface area contributed by atoms with Gasteiger partial charge in [0.2, 0.25) is 5.91 Å².